The van der Waals surface area contributed by atoms with Gasteiger partial charge >= 0.3 is 6.18 Å². The highest BCUT2D eigenvalue weighted by Gasteiger charge is 2.30. The Hall–Kier alpha value is -2.29. The topological polar surface area (TPSA) is 74.0 Å². The molecule has 0 aliphatic rings. The zero-order valence-electron chi connectivity index (χ0n) is 10.7. The van der Waals surface area contributed by atoms with Crippen LogP contribution in [0.25, 0.3) is 0 Å². The van der Waals surface area contributed by atoms with Gasteiger partial charge in [-0.3, -0.25) is 14.0 Å². The summed E-state index contributed by atoms with van der Waals surface area (Å²) in [6.07, 6.45) is -4.47. The summed E-state index contributed by atoms with van der Waals surface area (Å²) in [6, 6.07) is 4.48. The zero-order chi connectivity index (χ0) is 15.6. The van der Waals surface area contributed by atoms with Crippen molar-refractivity contribution in [2.75, 3.05) is 12.4 Å². The van der Waals surface area contributed by atoms with Gasteiger partial charge in [-0.2, -0.15) is 13.2 Å². The highest BCUT2D eigenvalue weighted by molar-refractivity contribution is 7.10. The number of hydrogen-bond acceptors (Lipinski definition) is 4. The molecule has 0 atom stereocenters. The standard InChI is InChI=1S/C12H10F3N3O2S/c1-16-9(19)8-10(20)18-21-11(8)17-7-4-2-3-6(5-7)12(13,14)15/h2-5,17H,1H3,(H,16,19)(H,18,20). The van der Waals surface area contributed by atoms with Crippen LogP contribution in [0.5, 0.6) is 0 Å². The van der Waals surface area contributed by atoms with Gasteiger partial charge in [0.2, 0.25) is 0 Å². The quantitative estimate of drug-likeness (QED) is 0.814. The summed E-state index contributed by atoms with van der Waals surface area (Å²) >= 11 is 0.837. The van der Waals surface area contributed by atoms with Crippen molar-refractivity contribution in [1.82, 2.24) is 9.69 Å². The van der Waals surface area contributed by atoms with Crippen molar-refractivity contribution in [2.24, 2.45) is 0 Å². The van der Waals surface area contributed by atoms with Crippen LogP contribution in [0.3, 0.4) is 0 Å². The number of H-pyrrole nitrogens is 1. The molecular formula is C12H10F3N3O2S. The highest BCUT2D eigenvalue weighted by Crippen LogP contribution is 2.32. The smallest absolute Gasteiger partial charge is 0.355 e. The maximum Gasteiger partial charge on any atom is 0.416 e. The van der Waals surface area contributed by atoms with E-state index in [1.807, 2.05) is 0 Å². The van der Waals surface area contributed by atoms with Crippen molar-refractivity contribution in [1.29, 1.82) is 0 Å². The molecule has 21 heavy (non-hydrogen) atoms. The maximum atomic E-state index is 12.6. The number of alkyl halides is 3. The molecule has 9 heteroatoms. The molecule has 2 aromatic rings. The highest BCUT2D eigenvalue weighted by atomic mass is 32.1. The van der Waals surface area contributed by atoms with E-state index in [-0.39, 0.29) is 16.3 Å². The van der Waals surface area contributed by atoms with Crippen molar-refractivity contribution in [3.05, 3.63) is 45.7 Å². The molecule has 0 aliphatic heterocycles. The van der Waals surface area contributed by atoms with Crippen LogP contribution in [0.4, 0.5) is 23.9 Å². The van der Waals surface area contributed by atoms with E-state index in [0.29, 0.717) is 0 Å². The fourth-order valence-electron chi connectivity index (χ4n) is 1.63. The van der Waals surface area contributed by atoms with Crippen LogP contribution in [0, 0.1) is 0 Å². The minimum Gasteiger partial charge on any atom is -0.355 e. The van der Waals surface area contributed by atoms with Crippen molar-refractivity contribution in [2.45, 2.75) is 6.18 Å². The second-order valence-corrected chi connectivity index (χ2v) is 4.84. The average molecular weight is 317 g/mol. The number of rotatable bonds is 3. The molecule has 0 fully saturated rings. The van der Waals surface area contributed by atoms with Gasteiger partial charge in [-0.05, 0) is 29.7 Å². The molecule has 2 rings (SSSR count). The van der Waals surface area contributed by atoms with E-state index in [2.05, 4.69) is 15.0 Å². The van der Waals surface area contributed by atoms with Crippen LogP contribution < -0.4 is 16.2 Å². The van der Waals surface area contributed by atoms with Gasteiger partial charge in [0.1, 0.15) is 10.6 Å². The number of halogens is 3. The van der Waals surface area contributed by atoms with Gasteiger partial charge in [-0.1, -0.05) is 6.07 Å². The molecule has 0 aliphatic carbocycles. The molecule has 0 radical (unpaired) electrons. The lowest BCUT2D eigenvalue weighted by Crippen LogP contribution is -2.24. The molecule has 3 N–H and O–H groups in total. The largest absolute Gasteiger partial charge is 0.416 e. The van der Waals surface area contributed by atoms with E-state index in [0.717, 1.165) is 23.7 Å². The minimum absolute atomic E-state index is 0.130. The van der Waals surface area contributed by atoms with E-state index in [1.165, 1.54) is 19.2 Å². The van der Waals surface area contributed by atoms with E-state index in [9.17, 15) is 22.8 Å². The van der Waals surface area contributed by atoms with Crippen LogP contribution in [0.2, 0.25) is 0 Å². The molecule has 0 unspecified atom stereocenters. The Bertz CT molecular complexity index is 721. The van der Waals surface area contributed by atoms with Crippen LogP contribution in [-0.2, 0) is 6.18 Å². The van der Waals surface area contributed by atoms with E-state index in [1.54, 1.807) is 0 Å². The number of nitrogens with one attached hydrogen (secondary N) is 3. The molecule has 5 nitrogen and oxygen atoms in total. The first-order valence-electron chi connectivity index (χ1n) is 5.70. The van der Waals surface area contributed by atoms with Crippen molar-refractivity contribution < 1.29 is 18.0 Å². The zero-order valence-corrected chi connectivity index (χ0v) is 11.5. The monoisotopic (exact) mass is 317 g/mol. The Balaban J connectivity index is 2.36. The van der Waals surface area contributed by atoms with Crippen LogP contribution >= 0.6 is 11.5 Å². The third kappa shape index (κ3) is 3.24. The Morgan fingerprint density at radius 2 is 2.05 bits per heavy atom. The Labute approximate surface area is 121 Å². The molecule has 0 spiro atoms. The number of amides is 1. The number of hydrogen-bond donors (Lipinski definition) is 3. The summed E-state index contributed by atoms with van der Waals surface area (Å²) in [5.41, 5.74) is -1.46. The molecule has 1 amide bonds. The van der Waals surface area contributed by atoms with Crippen molar-refractivity contribution in [3.63, 3.8) is 0 Å². The normalized spacial score (nSPS) is 11.2. The van der Waals surface area contributed by atoms with Gasteiger partial charge in [-0.15, -0.1) is 0 Å². The fraction of sp³-hybridized carbons (Fsp3) is 0.167. The fourth-order valence-corrected chi connectivity index (χ4v) is 2.38. The number of anilines is 2. The lowest BCUT2D eigenvalue weighted by molar-refractivity contribution is -0.137. The minimum atomic E-state index is -4.47. The molecule has 0 saturated heterocycles. The summed E-state index contributed by atoms with van der Waals surface area (Å²) in [7, 11) is 1.35. The predicted octanol–water partition coefficient (Wildman–Crippen LogP) is 2.56. The first kappa shape index (κ1) is 15.1. The van der Waals surface area contributed by atoms with Gasteiger partial charge in [0.05, 0.1) is 5.56 Å². The third-order valence-electron chi connectivity index (χ3n) is 2.60. The Kier molecular flexibility index (Phi) is 4.03. The molecule has 0 saturated carbocycles. The average Bonchev–Trinajstić information content (AvgIpc) is 2.78. The maximum absolute atomic E-state index is 12.6. The lowest BCUT2D eigenvalue weighted by Gasteiger charge is -2.10. The molecule has 112 valence electrons. The van der Waals surface area contributed by atoms with Crippen LogP contribution in [0.1, 0.15) is 15.9 Å². The van der Waals surface area contributed by atoms with Crippen LogP contribution in [0.15, 0.2) is 29.1 Å². The first-order valence-corrected chi connectivity index (χ1v) is 6.52. The molecular weight excluding hydrogens is 307 g/mol. The number of aromatic amines is 1. The molecule has 1 aromatic heterocycles. The van der Waals surface area contributed by atoms with Gasteiger partial charge in [0.25, 0.3) is 11.5 Å². The first-order chi connectivity index (χ1) is 9.82. The van der Waals surface area contributed by atoms with Crippen molar-refractivity contribution >= 4 is 28.1 Å². The Morgan fingerprint density at radius 3 is 2.67 bits per heavy atom. The second kappa shape index (κ2) is 5.60. The summed E-state index contributed by atoms with van der Waals surface area (Å²) in [6.45, 7) is 0. The van der Waals surface area contributed by atoms with Crippen LogP contribution in [-0.4, -0.2) is 17.3 Å². The van der Waals surface area contributed by atoms with E-state index < -0.39 is 23.2 Å². The number of carbonyl (C=O) groups excluding carboxylic acids is 1. The van der Waals surface area contributed by atoms with E-state index in [4.69, 9.17) is 0 Å². The summed E-state index contributed by atoms with van der Waals surface area (Å²) in [5.74, 6) is -0.619. The number of benzene rings is 1. The number of carbonyl (C=O) groups is 1. The van der Waals surface area contributed by atoms with Gasteiger partial charge in [0.15, 0.2) is 0 Å². The van der Waals surface area contributed by atoms with Gasteiger partial charge in [-0.25, -0.2) is 0 Å². The van der Waals surface area contributed by atoms with Crippen molar-refractivity contribution in [3.8, 4) is 0 Å². The molecule has 1 aromatic carbocycles. The SMILES string of the molecule is CNC(=O)c1c(Nc2cccc(C(F)(F)F)c2)s[nH]c1=O. The number of aromatic nitrogens is 1. The molecule has 1 heterocycles. The lowest BCUT2D eigenvalue weighted by atomic mass is 10.2. The summed E-state index contributed by atoms with van der Waals surface area (Å²) in [5, 5.41) is 5.10. The van der Waals surface area contributed by atoms with Gasteiger partial charge in [0, 0.05) is 12.7 Å². The molecule has 0 bridgehead atoms. The predicted molar refractivity (Wildman–Crippen MR) is 73.1 cm³/mol. The van der Waals surface area contributed by atoms with Gasteiger partial charge < -0.3 is 10.6 Å². The second-order valence-electron chi connectivity index (χ2n) is 4.02. The van der Waals surface area contributed by atoms with E-state index >= 15 is 0 Å². The summed E-state index contributed by atoms with van der Waals surface area (Å²) in [4.78, 5) is 23.1. The third-order valence-corrected chi connectivity index (χ3v) is 3.40. The summed E-state index contributed by atoms with van der Waals surface area (Å²) < 4.78 is 40.2. The Morgan fingerprint density at radius 1 is 1.33 bits per heavy atom.